The van der Waals surface area contributed by atoms with Gasteiger partial charge in [0.2, 0.25) is 0 Å². The zero-order valence-corrected chi connectivity index (χ0v) is 16.6. The lowest BCUT2D eigenvalue weighted by Gasteiger charge is -2.20. The minimum absolute atomic E-state index is 0.0935. The third kappa shape index (κ3) is 4.83. The van der Waals surface area contributed by atoms with Crippen LogP contribution < -0.4 is 5.32 Å². The van der Waals surface area contributed by atoms with Crippen molar-refractivity contribution in [2.45, 2.75) is 26.3 Å². The normalized spacial score (nSPS) is 11.8. The van der Waals surface area contributed by atoms with Crippen LogP contribution in [0.15, 0.2) is 77.3 Å². The highest BCUT2D eigenvalue weighted by Gasteiger charge is 2.17. The first-order chi connectivity index (χ1) is 12.5. The first-order valence-electron chi connectivity index (χ1n) is 8.70. The van der Waals surface area contributed by atoms with E-state index in [1.165, 1.54) is 5.56 Å². The van der Waals surface area contributed by atoms with Crippen molar-refractivity contribution in [3.63, 3.8) is 0 Å². The molecule has 3 heteroatoms. The summed E-state index contributed by atoms with van der Waals surface area (Å²) in [7, 11) is 0. The number of halogens is 1. The Labute approximate surface area is 163 Å². The van der Waals surface area contributed by atoms with E-state index in [0.29, 0.717) is 6.42 Å². The largest absolute Gasteiger partial charge is 0.378 e. The summed E-state index contributed by atoms with van der Waals surface area (Å²) in [5, 5.41) is 3.52. The van der Waals surface area contributed by atoms with Gasteiger partial charge in [-0.1, -0.05) is 75.6 Å². The van der Waals surface area contributed by atoms with Gasteiger partial charge in [-0.3, -0.25) is 4.79 Å². The van der Waals surface area contributed by atoms with E-state index in [-0.39, 0.29) is 11.8 Å². The van der Waals surface area contributed by atoms with Crippen LogP contribution in [-0.4, -0.2) is 5.78 Å². The summed E-state index contributed by atoms with van der Waals surface area (Å²) in [5.74, 6) is 0.134. The SMILES string of the molecule is Cc1ccc(NC(CC(=O)c2ccc(C)cc2)c2cccc(Br)c2)cc1. The third-order valence-electron chi connectivity index (χ3n) is 4.41. The van der Waals surface area contributed by atoms with Crippen LogP contribution in [0.3, 0.4) is 0 Å². The van der Waals surface area contributed by atoms with Crippen molar-refractivity contribution < 1.29 is 4.79 Å². The van der Waals surface area contributed by atoms with Gasteiger partial charge in [0.1, 0.15) is 0 Å². The van der Waals surface area contributed by atoms with Crippen LogP contribution in [-0.2, 0) is 0 Å². The number of benzene rings is 3. The molecular formula is C23H22BrNO. The maximum Gasteiger partial charge on any atom is 0.165 e. The van der Waals surface area contributed by atoms with Gasteiger partial charge in [-0.25, -0.2) is 0 Å². The van der Waals surface area contributed by atoms with E-state index < -0.39 is 0 Å². The Balaban J connectivity index is 1.85. The fourth-order valence-electron chi connectivity index (χ4n) is 2.87. The molecule has 0 fully saturated rings. The zero-order chi connectivity index (χ0) is 18.5. The summed E-state index contributed by atoms with van der Waals surface area (Å²) < 4.78 is 1.01. The summed E-state index contributed by atoms with van der Waals surface area (Å²) in [6.45, 7) is 4.09. The molecule has 0 spiro atoms. The van der Waals surface area contributed by atoms with Gasteiger partial charge in [0, 0.05) is 22.1 Å². The van der Waals surface area contributed by atoms with Gasteiger partial charge in [0.25, 0.3) is 0 Å². The molecular weight excluding hydrogens is 386 g/mol. The first kappa shape index (κ1) is 18.4. The Morgan fingerprint density at radius 1 is 0.923 bits per heavy atom. The molecule has 3 aromatic rings. The summed E-state index contributed by atoms with van der Waals surface area (Å²) >= 11 is 3.53. The van der Waals surface area contributed by atoms with Crippen molar-refractivity contribution in [2.24, 2.45) is 0 Å². The Morgan fingerprint density at radius 2 is 1.54 bits per heavy atom. The highest BCUT2D eigenvalue weighted by Crippen LogP contribution is 2.27. The first-order valence-corrected chi connectivity index (χ1v) is 9.49. The quantitative estimate of drug-likeness (QED) is 0.472. The second-order valence-corrected chi connectivity index (χ2v) is 7.53. The molecule has 1 atom stereocenters. The van der Waals surface area contributed by atoms with Crippen molar-refractivity contribution >= 4 is 27.4 Å². The molecule has 0 saturated carbocycles. The lowest BCUT2D eigenvalue weighted by Crippen LogP contribution is -2.16. The molecule has 0 heterocycles. The lowest BCUT2D eigenvalue weighted by atomic mass is 9.97. The van der Waals surface area contributed by atoms with Crippen LogP contribution in [0.4, 0.5) is 5.69 Å². The van der Waals surface area contributed by atoms with Crippen molar-refractivity contribution in [3.8, 4) is 0 Å². The van der Waals surface area contributed by atoms with E-state index >= 15 is 0 Å². The van der Waals surface area contributed by atoms with E-state index in [9.17, 15) is 4.79 Å². The number of nitrogens with one attached hydrogen (secondary N) is 1. The number of ketones is 1. The number of carbonyl (C=O) groups is 1. The van der Waals surface area contributed by atoms with E-state index in [1.807, 2.05) is 43.3 Å². The van der Waals surface area contributed by atoms with Crippen molar-refractivity contribution in [1.82, 2.24) is 0 Å². The van der Waals surface area contributed by atoms with Gasteiger partial charge in [-0.2, -0.15) is 0 Å². The highest BCUT2D eigenvalue weighted by molar-refractivity contribution is 9.10. The van der Waals surface area contributed by atoms with Crippen molar-refractivity contribution in [3.05, 3.63) is 99.5 Å². The van der Waals surface area contributed by atoms with Crippen LogP contribution in [0.1, 0.15) is 39.5 Å². The summed E-state index contributed by atoms with van der Waals surface area (Å²) in [5.41, 5.74) is 5.21. The second kappa shape index (κ2) is 8.33. The van der Waals surface area contributed by atoms with Crippen LogP contribution in [0.5, 0.6) is 0 Å². The highest BCUT2D eigenvalue weighted by atomic mass is 79.9. The monoisotopic (exact) mass is 407 g/mol. The Kier molecular flexibility index (Phi) is 5.89. The average molecular weight is 408 g/mol. The Morgan fingerprint density at radius 3 is 2.15 bits per heavy atom. The third-order valence-corrected chi connectivity index (χ3v) is 4.90. The number of hydrogen-bond acceptors (Lipinski definition) is 2. The van der Waals surface area contributed by atoms with Crippen LogP contribution in [0.2, 0.25) is 0 Å². The number of aryl methyl sites for hydroxylation is 2. The molecule has 3 aromatic carbocycles. The molecule has 0 amide bonds. The number of hydrogen-bond donors (Lipinski definition) is 1. The molecule has 3 rings (SSSR count). The molecule has 0 aromatic heterocycles. The molecule has 0 radical (unpaired) electrons. The molecule has 0 aliphatic heterocycles. The van der Waals surface area contributed by atoms with Gasteiger partial charge in [0.15, 0.2) is 5.78 Å². The Bertz CT molecular complexity index is 885. The number of Topliss-reactive ketones (excluding diaryl/α,β-unsaturated/α-hetero) is 1. The molecule has 26 heavy (non-hydrogen) atoms. The fourth-order valence-corrected chi connectivity index (χ4v) is 3.29. The molecule has 1 N–H and O–H groups in total. The van der Waals surface area contributed by atoms with Crippen LogP contribution >= 0.6 is 15.9 Å². The van der Waals surface area contributed by atoms with Crippen LogP contribution in [0, 0.1) is 13.8 Å². The topological polar surface area (TPSA) is 29.1 Å². The maximum absolute atomic E-state index is 12.8. The standard InChI is InChI=1S/C23H22BrNO/c1-16-6-10-18(11-7-16)23(26)15-22(19-4-3-5-20(24)14-19)25-21-12-8-17(2)9-13-21/h3-14,22,25H,15H2,1-2H3. The lowest BCUT2D eigenvalue weighted by molar-refractivity contribution is 0.0976. The summed E-state index contributed by atoms with van der Waals surface area (Å²) in [6, 6.07) is 24.0. The molecule has 0 aliphatic rings. The minimum Gasteiger partial charge on any atom is -0.378 e. The van der Waals surface area contributed by atoms with Crippen molar-refractivity contribution in [2.75, 3.05) is 5.32 Å². The van der Waals surface area contributed by atoms with Gasteiger partial charge >= 0.3 is 0 Å². The summed E-state index contributed by atoms with van der Waals surface area (Å²) in [4.78, 5) is 12.8. The summed E-state index contributed by atoms with van der Waals surface area (Å²) in [6.07, 6.45) is 0.396. The molecule has 0 bridgehead atoms. The van der Waals surface area contributed by atoms with Gasteiger partial charge in [0.05, 0.1) is 6.04 Å². The van der Waals surface area contributed by atoms with Crippen molar-refractivity contribution in [1.29, 1.82) is 0 Å². The number of carbonyl (C=O) groups excluding carboxylic acids is 1. The smallest absolute Gasteiger partial charge is 0.165 e. The Hall–Kier alpha value is -2.39. The van der Waals surface area contributed by atoms with E-state index in [1.54, 1.807) is 0 Å². The van der Waals surface area contributed by atoms with Gasteiger partial charge in [-0.05, 0) is 43.7 Å². The fraction of sp³-hybridized carbons (Fsp3) is 0.174. The van der Waals surface area contributed by atoms with Gasteiger partial charge < -0.3 is 5.32 Å². The van der Waals surface area contributed by atoms with Crippen LogP contribution in [0.25, 0.3) is 0 Å². The molecule has 0 saturated heterocycles. The molecule has 0 aliphatic carbocycles. The zero-order valence-electron chi connectivity index (χ0n) is 15.0. The van der Waals surface area contributed by atoms with Gasteiger partial charge in [-0.15, -0.1) is 0 Å². The van der Waals surface area contributed by atoms with E-state index in [4.69, 9.17) is 0 Å². The number of anilines is 1. The molecule has 132 valence electrons. The predicted octanol–water partition coefficient (Wildman–Crippen LogP) is 6.49. The molecule has 1 unspecified atom stereocenters. The van der Waals surface area contributed by atoms with E-state index in [2.05, 4.69) is 64.6 Å². The molecule has 2 nitrogen and oxygen atoms in total. The second-order valence-electron chi connectivity index (χ2n) is 6.61. The minimum atomic E-state index is -0.0935. The maximum atomic E-state index is 12.8. The predicted molar refractivity (Wildman–Crippen MR) is 112 cm³/mol. The van der Waals surface area contributed by atoms with E-state index in [0.717, 1.165) is 26.9 Å². The average Bonchev–Trinajstić information content (AvgIpc) is 2.63. The number of rotatable bonds is 6.